The quantitative estimate of drug-likeness (QED) is 0.631. The van der Waals surface area contributed by atoms with E-state index < -0.39 is 0 Å². The molecule has 2 heterocycles. The van der Waals surface area contributed by atoms with Crippen molar-refractivity contribution in [2.75, 3.05) is 0 Å². The number of hydrogen-bond acceptors (Lipinski definition) is 4. The molecule has 0 amide bonds. The van der Waals surface area contributed by atoms with Gasteiger partial charge < -0.3 is 4.42 Å². The van der Waals surface area contributed by atoms with Crippen LogP contribution in [0.5, 0.6) is 0 Å². The number of oxazole rings is 1. The highest BCUT2D eigenvalue weighted by Crippen LogP contribution is 2.34. The zero-order valence-corrected chi connectivity index (χ0v) is 11.0. The molecule has 2 aromatic heterocycles. The summed E-state index contributed by atoms with van der Waals surface area (Å²) in [4.78, 5) is 12.0. The standard InChI is InChI=1S/C11H4Cl3N3O/c12-6-3-1-2-5(8(6)13)10-16-9-7(18-10)4-15-11(14)17-9/h1-4H. The van der Waals surface area contributed by atoms with E-state index in [0.29, 0.717) is 32.7 Å². The van der Waals surface area contributed by atoms with Crippen molar-refractivity contribution in [1.29, 1.82) is 0 Å². The van der Waals surface area contributed by atoms with Gasteiger partial charge in [0.05, 0.1) is 21.8 Å². The first kappa shape index (κ1) is 11.7. The van der Waals surface area contributed by atoms with Gasteiger partial charge in [0.25, 0.3) is 0 Å². The predicted octanol–water partition coefficient (Wildman–Crippen LogP) is 4.25. The predicted molar refractivity (Wildman–Crippen MR) is 70.1 cm³/mol. The smallest absolute Gasteiger partial charge is 0.230 e. The maximum absolute atomic E-state index is 6.09. The van der Waals surface area contributed by atoms with Crippen LogP contribution in [0.2, 0.25) is 15.3 Å². The van der Waals surface area contributed by atoms with E-state index in [1.165, 1.54) is 6.20 Å². The zero-order valence-electron chi connectivity index (χ0n) is 8.69. The van der Waals surface area contributed by atoms with Gasteiger partial charge in [-0.25, -0.2) is 4.98 Å². The number of aromatic nitrogens is 3. The van der Waals surface area contributed by atoms with E-state index in [9.17, 15) is 0 Å². The first-order valence-electron chi connectivity index (χ1n) is 4.88. The Morgan fingerprint density at radius 1 is 1.06 bits per heavy atom. The minimum atomic E-state index is 0.111. The minimum absolute atomic E-state index is 0.111. The Balaban J connectivity index is 2.22. The summed E-state index contributed by atoms with van der Waals surface area (Å²) in [5.41, 5.74) is 1.41. The van der Waals surface area contributed by atoms with Crippen molar-refractivity contribution in [2.45, 2.75) is 0 Å². The van der Waals surface area contributed by atoms with Crippen LogP contribution >= 0.6 is 34.8 Å². The maximum Gasteiger partial charge on any atom is 0.230 e. The Kier molecular flexibility index (Phi) is 2.86. The lowest BCUT2D eigenvalue weighted by atomic mass is 10.2. The van der Waals surface area contributed by atoms with Crippen LogP contribution in [-0.2, 0) is 0 Å². The second-order valence-corrected chi connectivity index (χ2v) is 4.57. The number of hydrogen-bond donors (Lipinski definition) is 0. The van der Waals surface area contributed by atoms with Crippen LogP contribution in [-0.4, -0.2) is 15.0 Å². The van der Waals surface area contributed by atoms with Gasteiger partial charge >= 0.3 is 0 Å². The summed E-state index contributed by atoms with van der Waals surface area (Å²) in [6.45, 7) is 0. The Bertz CT molecular complexity index is 741. The highest BCUT2D eigenvalue weighted by atomic mass is 35.5. The Hall–Kier alpha value is -1.36. The third kappa shape index (κ3) is 1.92. The molecular formula is C11H4Cl3N3O. The van der Waals surface area contributed by atoms with Crippen molar-refractivity contribution in [3.05, 3.63) is 39.7 Å². The molecule has 18 heavy (non-hydrogen) atoms. The van der Waals surface area contributed by atoms with Gasteiger partial charge in [-0.3, -0.25) is 0 Å². The summed E-state index contributed by atoms with van der Waals surface area (Å²) in [7, 11) is 0. The first-order chi connectivity index (χ1) is 8.65. The number of benzene rings is 1. The monoisotopic (exact) mass is 299 g/mol. The fourth-order valence-electron chi connectivity index (χ4n) is 1.50. The summed E-state index contributed by atoms with van der Waals surface area (Å²) >= 11 is 17.7. The van der Waals surface area contributed by atoms with Gasteiger partial charge in [-0.05, 0) is 23.7 Å². The van der Waals surface area contributed by atoms with E-state index in [-0.39, 0.29) is 5.28 Å². The Morgan fingerprint density at radius 2 is 1.89 bits per heavy atom. The highest BCUT2D eigenvalue weighted by molar-refractivity contribution is 6.43. The van der Waals surface area contributed by atoms with Crippen LogP contribution in [0.15, 0.2) is 28.8 Å². The van der Waals surface area contributed by atoms with Crippen molar-refractivity contribution in [3.63, 3.8) is 0 Å². The first-order valence-corrected chi connectivity index (χ1v) is 6.02. The molecule has 3 aromatic rings. The number of nitrogens with zero attached hydrogens (tertiary/aromatic N) is 3. The van der Waals surface area contributed by atoms with Gasteiger partial charge in [0.1, 0.15) is 0 Å². The van der Waals surface area contributed by atoms with E-state index in [1.807, 2.05) is 0 Å². The molecule has 0 aliphatic rings. The number of rotatable bonds is 1. The molecule has 7 heteroatoms. The molecule has 0 aliphatic carbocycles. The molecule has 0 aliphatic heterocycles. The summed E-state index contributed by atoms with van der Waals surface area (Å²) in [5.74, 6) is 0.328. The molecule has 0 bridgehead atoms. The van der Waals surface area contributed by atoms with E-state index >= 15 is 0 Å². The summed E-state index contributed by atoms with van der Waals surface area (Å²) in [5, 5.41) is 0.921. The second kappa shape index (κ2) is 4.39. The lowest BCUT2D eigenvalue weighted by molar-refractivity contribution is 0.618. The minimum Gasteiger partial charge on any atom is -0.433 e. The maximum atomic E-state index is 6.09. The average molecular weight is 301 g/mol. The van der Waals surface area contributed by atoms with Crippen LogP contribution in [0.25, 0.3) is 22.7 Å². The fraction of sp³-hybridized carbons (Fsp3) is 0. The molecule has 0 fully saturated rings. The van der Waals surface area contributed by atoms with Gasteiger partial charge in [0.15, 0.2) is 5.58 Å². The van der Waals surface area contributed by atoms with E-state index in [4.69, 9.17) is 39.2 Å². The summed E-state index contributed by atoms with van der Waals surface area (Å²) in [6, 6.07) is 5.21. The molecule has 0 saturated carbocycles. The molecule has 0 atom stereocenters. The topological polar surface area (TPSA) is 51.8 Å². The number of halogens is 3. The van der Waals surface area contributed by atoms with Crippen LogP contribution in [0, 0.1) is 0 Å². The molecule has 3 rings (SSSR count). The van der Waals surface area contributed by atoms with Crippen molar-refractivity contribution in [1.82, 2.24) is 15.0 Å². The van der Waals surface area contributed by atoms with Crippen LogP contribution in [0.4, 0.5) is 0 Å². The normalized spacial score (nSPS) is 11.1. The molecule has 0 radical (unpaired) electrons. The largest absolute Gasteiger partial charge is 0.433 e. The van der Waals surface area contributed by atoms with Crippen LogP contribution < -0.4 is 0 Å². The second-order valence-electron chi connectivity index (χ2n) is 3.45. The zero-order chi connectivity index (χ0) is 12.7. The van der Waals surface area contributed by atoms with Gasteiger partial charge in [-0.15, -0.1) is 0 Å². The van der Waals surface area contributed by atoms with E-state index in [2.05, 4.69) is 15.0 Å². The molecule has 90 valence electrons. The van der Waals surface area contributed by atoms with Crippen LogP contribution in [0.3, 0.4) is 0 Å². The van der Waals surface area contributed by atoms with Gasteiger partial charge in [-0.1, -0.05) is 29.3 Å². The van der Waals surface area contributed by atoms with Gasteiger partial charge in [-0.2, -0.15) is 9.97 Å². The molecule has 0 unspecified atom stereocenters. The molecule has 4 nitrogen and oxygen atoms in total. The average Bonchev–Trinajstić information content (AvgIpc) is 2.75. The Labute approximate surface area is 117 Å². The molecule has 1 aromatic carbocycles. The van der Waals surface area contributed by atoms with Crippen molar-refractivity contribution < 1.29 is 4.42 Å². The molecule has 0 N–H and O–H groups in total. The highest BCUT2D eigenvalue weighted by Gasteiger charge is 2.14. The summed E-state index contributed by atoms with van der Waals surface area (Å²) in [6.07, 6.45) is 1.46. The lowest BCUT2D eigenvalue weighted by Gasteiger charge is -2.00. The van der Waals surface area contributed by atoms with Gasteiger partial charge in [0, 0.05) is 0 Å². The van der Waals surface area contributed by atoms with Crippen molar-refractivity contribution >= 4 is 46.0 Å². The SMILES string of the molecule is Clc1ncc2oc(-c3cccc(Cl)c3Cl)nc2n1. The van der Waals surface area contributed by atoms with Crippen molar-refractivity contribution in [3.8, 4) is 11.5 Å². The van der Waals surface area contributed by atoms with E-state index in [1.54, 1.807) is 18.2 Å². The van der Waals surface area contributed by atoms with E-state index in [0.717, 1.165) is 0 Å². The van der Waals surface area contributed by atoms with Crippen LogP contribution in [0.1, 0.15) is 0 Å². The lowest BCUT2D eigenvalue weighted by Crippen LogP contribution is -1.82. The van der Waals surface area contributed by atoms with Crippen molar-refractivity contribution in [2.24, 2.45) is 0 Å². The molecule has 0 saturated heterocycles. The third-order valence-corrected chi connectivity index (χ3v) is 3.30. The molecular weight excluding hydrogens is 296 g/mol. The van der Waals surface area contributed by atoms with Gasteiger partial charge in [0.2, 0.25) is 16.8 Å². The summed E-state index contributed by atoms with van der Waals surface area (Å²) < 4.78 is 5.51. The Morgan fingerprint density at radius 3 is 2.72 bits per heavy atom. The third-order valence-electron chi connectivity index (χ3n) is 2.30. The molecule has 0 spiro atoms. The fourth-order valence-corrected chi connectivity index (χ4v) is 2.01. The number of fused-ring (bicyclic) bond motifs is 1.